The van der Waals surface area contributed by atoms with E-state index in [2.05, 4.69) is 15.2 Å². The zero-order valence-corrected chi connectivity index (χ0v) is 14.1. The SMILES string of the molecule is CC(=O)c1ccc(C(=O)NC2CCN(c3nccn3C)CC2)s1. The third-order valence-corrected chi connectivity index (χ3v) is 5.27. The molecule has 1 saturated heterocycles. The van der Waals surface area contributed by atoms with E-state index in [0.29, 0.717) is 9.75 Å². The summed E-state index contributed by atoms with van der Waals surface area (Å²) in [6.07, 6.45) is 5.52. The predicted octanol–water partition coefficient (Wildman–Crippen LogP) is 2.08. The third kappa shape index (κ3) is 3.44. The van der Waals surface area contributed by atoms with E-state index < -0.39 is 0 Å². The second kappa shape index (κ2) is 6.54. The van der Waals surface area contributed by atoms with Gasteiger partial charge >= 0.3 is 0 Å². The smallest absolute Gasteiger partial charge is 0.261 e. The Bertz CT molecular complexity index is 713. The van der Waals surface area contributed by atoms with Crippen molar-refractivity contribution in [3.8, 4) is 0 Å². The molecule has 1 N–H and O–H groups in total. The number of aryl methyl sites for hydroxylation is 1. The maximum Gasteiger partial charge on any atom is 0.261 e. The molecule has 0 radical (unpaired) electrons. The van der Waals surface area contributed by atoms with Crippen LogP contribution in [0.5, 0.6) is 0 Å². The largest absolute Gasteiger partial charge is 0.348 e. The standard InChI is InChI=1S/C16H20N4O2S/c1-11(21)13-3-4-14(23-13)15(22)18-12-5-8-20(9-6-12)16-17-7-10-19(16)2/h3-4,7,10,12H,5-6,8-9H2,1-2H3,(H,18,22). The number of Topliss-reactive ketones (excluding diaryl/α,β-unsaturated/α-hetero) is 1. The van der Waals surface area contributed by atoms with Gasteiger partial charge in [0.2, 0.25) is 5.95 Å². The molecule has 1 aliphatic heterocycles. The monoisotopic (exact) mass is 332 g/mol. The van der Waals surface area contributed by atoms with Gasteiger partial charge in [0.05, 0.1) is 9.75 Å². The lowest BCUT2D eigenvalue weighted by Crippen LogP contribution is -2.45. The average molecular weight is 332 g/mol. The number of thiophene rings is 1. The van der Waals surface area contributed by atoms with Gasteiger partial charge in [0.1, 0.15) is 0 Å². The number of carbonyl (C=O) groups excluding carboxylic acids is 2. The van der Waals surface area contributed by atoms with Gasteiger partial charge in [0.15, 0.2) is 5.78 Å². The number of rotatable bonds is 4. The van der Waals surface area contributed by atoms with Crippen molar-refractivity contribution >= 4 is 29.0 Å². The molecule has 0 unspecified atom stereocenters. The van der Waals surface area contributed by atoms with Gasteiger partial charge in [-0.15, -0.1) is 11.3 Å². The second-order valence-electron chi connectivity index (χ2n) is 5.79. The number of anilines is 1. The fourth-order valence-electron chi connectivity index (χ4n) is 2.79. The molecule has 0 saturated carbocycles. The fourth-order valence-corrected chi connectivity index (χ4v) is 3.60. The lowest BCUT2D eigenvalue weighted by molar-refractivity contribution is 0.0934. The van der Waals surface area contributed by atoms with Gasteiger partial charge < -0.3 is 14.8 Å². The Labute approximate surface area is 139 Å². The summed E-state index contributed by atoms with van der Waals surface area (Å²) in [6, 6.07) is 3.60. The summed E-state index contributed by atoms with van der Waals surface area (Å²) in [5.74, 6) is 0.884. The van der Waals surface area contributed by atoms with E-state index in [4.69, 9.17) is 0 Å². The molecule has 6 nitrogen and oxygen atoms in total. The molecule has 0 spiro atoms. The maximum absolute atomic E-state index is 12.3. The van der Waals surface area contributed by atoms with Crippen LogP contribution in [0.1, 0.15) is 39.1 Å². The highest BCUT2D eigenvalue weighted by atomic mass is 32.1. The lowest BCUT2D eigenvalue weighted by Gasteiger charge is -2.32. The van der Waals surface area contributed by atoms with Crippen molar-refractivity contribution in [2.24, 2.45) is 7.05 Å². The van der Waals surface area contributed by atoms with Crippen molar-refractivity contribution in [2.45, 2.75) is 25.8 Å². The molecule has 3 heterocycles. The number of nitrogens with one attached hydrogen (secondary N) is 1. The first-order valence-corrected chi connectivity index (χ1v) is 8.50. The number of aromatic nitrogens is 2. The van der Waals surface area contributed by atoms with Gasteiger partial charge in [-0.2, -0.15) is 0 Å². The van der Waals surface area contributed by atoms with E-state index in [9.17, 15) is 9.59 Å². The van der Waals surface area contributed by atoms with E-state index in [1.54, 1.807) is 18.3 Å². The van der Waals surface area contributed by atoms with Gasteiger partial charge in [-0.3, -0.25) is 9.59 Å². The fraction of sp³-hybridized carbons (Fsp3) is 0.438. The van der Waals surface area contributed by atoms with Crippen LogP contribution < -0.4 is 10.2 Å². The molecule has 2 aromatic heterocycles. The molecule has 0 aliphatic carbocycles. The quantitative estimate of drug-likeness (QED) is 0.871. The first-order chi connectivity index (χ1) is 11.0. The lowest BCUT2D eigenvalue weighted by atomic mass is 10.1. The van der Waals surface area contributed by atoms with Crippen LogP contribution >= 0.6 is 11.3 Å². The summed E-state index contributed by atoms with van der Waals surface area (Å²) in [5.41, 5.74) is 0. The topological polar surface area (TPSA) is 67.2 Å². The van der Waals surface area contributed by atoms with Crippen LogP contribution in [0, 0.1) is 0 Å². The van der Waals surface area contributed by atoms with Crippen molar-refractivity contribution in [3.63, 3.8) is 0 Å². The minimum atomic E-state index is -0.0852. The average Bonchev–Trinajstić information content (AvgIpc) is 3.17. The first kappa shape index (κ1) is 15.7. The first-order valence-electron chi connectivity index (χ1n) is 7.68. The molecule has 0 aromatic carbocycles. The molecule has 0 atom stereocenters. The number of hydrogen-bond donors (Lipinski definition) is 1. The normalized spacial score (nSPS) is 15.7. The van der Waals surface area contributed by atoms with E-state index in [1.807, 2.05) is 17.8 Å². The van der Waals surface area contributed by atoms with Crippen LogP contribution in [-0.2, 0) is 7.05 Å². The maximum atomic E-state index is 12.3. The summed E-state index contributed by atoms with van der Waals surface area (Å²) < 4.78 is 2.01. The highest BCUT2D eigenvalue weighted by Crippen LogP contribution is 2.20. The van der Waals surface area contributed by atoms with Crippen LogP contribution in [0.2, 0.25) is 0 Å². The van der Waals surface area contributed by atoms with Crippen molar-refractivity contribution < 1.29 is 9.59 Å². The molecule has 23 heavy (non-hydrogen) atoms. The van der Waals surface area contributed by atoms with E-state index in [0.717, 1.165) is 31.9 Å². The molecule has 1 amide bonds. The number of nitrogens with zero attached hydrogens (tertiary/aromatic N) is 3. The zero-order chi connectivity index (χ0) is 16.4. The van der Waals surface area contributed by atoms with Crippen LogP contribution in [0.25, 0.3) is 0 Å². The minimum absolute atomic E-state index is 0.00238. The number of carbonyl (C=O) groups is 2. The molecule has 2 aromatic rings. The Morgan fingerprint density at radius 2 is 1.96 bits per heavy atom. The van der Waals surface area contributed by atoms with Crippen LogP contribution in [0.4, 0.5) is 5.95 Å². The summed E-state index contributed by atoms with van der Waals surface area (Å²) in [7, 11) is 1.99. The van der Waals surface area contributed by atoms with Crippen LogP contribution in [-0.4, -0.2) is 40.4 Å². The predicted molar refractivity (Wildman–Crippen MR) is 90.2 cm³/mol. The molecular weight excluding hydrogens is 312 g/mol. The number of piperidine rings is 1. The highest BCUT2D eigenvalue weighted by Gasteiger charge is 2.23. The molecule has 1 aliphatic rings. The van der Waals surface area contributed by atoms with E-state index in [1.165, 1.54) is 18.3 Å². The Kier molecular flexibility index (Phi) is 4.47. The zero-order valence-electron chi connectivity index (χ0n) is 13.3. The molecular formula is C16H20N4O2S. The summed E-state index contributed by atoms with van der Waals surface area (Å²) in [6.45, 7) is 3.26. The number of imidazole rings is 1. The van der Waals surface area contributed by atoms with Gasteiger partial charge in [0, 0.05) is 38.6 Å². The van der Waals surface area contributed by atoms with Crippen LogP contribution in [0.3, 0.4) is 0 Å². The Hall–Kier alpha value is -2.15. The van der Waals surface area contributed by atoms with Crippen molar-refractivity contribution in [1.29, 1.82) is 0 Å². The highest BCUT2D eigenvalue weighted by molar-refractivity contribution is 7.15. The summed E-state index contributed by atoms with van der Waals surface area (Å²) in [5, 5.41) is 3.07. The number of amides is 1. The van der Waals surface area contributed by atoms with Gasteiger partial charge in [-0.05, 0) is 31.9 Å². The summed E-state index contributed by atoms with van der Waals surface area (Å²) in [4.78, 5) is 31.4. The third-order valence-electron chi connectivity index (χ3n) is 4.09. The van der Waals surface area contributed by atoms with Crippen molar-refractivity contribution in [2.75, 3.05) is 18.0 Å². The molecule has 0 bridgehead atoms. The van der Waals surface area contributed by atoms with Gasteiger partial charge in [-0.25, -0.2) is 4.98 Å². The minimum Gasteiger partial charge on any atom is -0.348 e. The van der Waals surface area contributed by atoms with Gasteiger partial charge in [-0.1, -0.05) is 0 Å². The Morgan fingerprint density at radius 3 is 2.52 bits per heavy atom. The molecule has 7 heteroatoms. The molecule has 1 fully saturated rings. The Morgan fingerprint density at radius 1 is 1.26 bits per heavy atom. The summed E-state index contributed by atoms with van der Waals surface area (Å²) >= 11 is 1.25. The van der Waals surface area contributed by atoms with Crippen LogP contribution in [0.15, 0.2) is 24.5 Å². The molecule has 3 rings (SSSR count). The second-order valence-corrected chi connectivity index (χ2v) is 6.88. The number of ketones is 1. The number of hydrogen-bond acceptors (Lipinski definition) is 5. The van der Waals surface area contributed by atoms with E-state index in [-0.39, 0.29) is 17.7 Å². The van der Waals surface area contributed by atoms with E-state index >= 15 is 0 Å². The molecule has 122 valence electrons. The Balaban J connectivity index is 1.55. The van der Waals surface area contributed by atoms with Crippen molar-refractivity contribution in [3.05, 3.63) is 34.3 Å². The van der Waals surface area contributed by atoms with Crippen molar-refractivity contribution in [1.82, 2.24) is 14.9 Å². The van der Waals surface area contributed by atoms with Gasteiger partial charge in [0.25, 0.3) is 5.91 Å².